The number of rotatable bonds is 8. The van der Waals surface area contributed by atoms with Crippen molar-refractivity contribution in [3.63, 3.8) is 0 Å². The van der Waals surface area contributed by atoms with Crippen molar-refractivity contribution < 1.29 is 8.83 Å². The Hall–Kier alpha value is -9.62. The van der Waals surface area contributed by atoms with Crippen LogP contribution in [0.5, 0.6) is 0 Å². The summed E-state index contributed by atoms with van der Waals surface area (Å²) in [4.78, 5) is 8.34. The summed E-state index contributed by atoms with van der Waals surface area (Å²) < 4.78 is 14.7. The van der Waals surface area contributed by atoms with Crippen molar-refractivity contribution in [2.45, 2.75) is 5.41 Å². The van der Waals surface area contributed by atoms with Crippen LogP contribution >= 0.6 is 0 Å². The third kappa shape index (κ3) is 5.97. The van der Waals surface area contributed by atoms with Crippen molar-refractivity contribution in [3.8, 4) is 17.2 Å². The predicted molar refractivity (Wildman–Crippen MR) is 279 cm³/mol. The molecule has 13 rings (SSSR count). The standard InChI is InChI=1S/C63H38N4O2/c1-65-44-32-36-48(37-33-44)67(46-24-12-5-13-25-46)54-39-52-60(62-58(54)50-27-15-17-29-56(50)69-62)59-51(63(52,42-18-6-2-7-19-42)43-20-8-3-9-21-43)38-53(57-49-26-14-16-28-55(49)68-61(57)59)66(45-22-10-4-11-23-45)47-34-30-41(40-64)31-35-47/h2-39H. The lowest BCUT2D eigenvalue weighted by Crippen LogP contribution is -2.29. The average Bonchev–Trinajstić information content (AvgIpc) is 4.09. The molecule has 0 atom stereocenters. The second kappa shape index (κ2) is 15.8. The van der Waals surface area contributed by atoms with E-state index in [2.05, 4.69) is 178 Å². The first-order chi connectivity index (χ1) is 34.1. The van der Waals surface area contributed by atoms with Crippen molar-refractivity contribution in [2.24, 2.45) is 0 Å². The molecule has 69 heavy (non-hydrogen) atoms. The minimum Gasteiger partial charge on any atom is -0.455 e. The molecule has 0 spiro atoms. The molecule has 0 bridgehead atoms. The highest BCUT2D eigenvalue weighted by molar-refractivity contribution is 6.25. The van der Waals surface area contributed by atoms with E-state index in [-0.39, 0.29) is 0 Å². The zero-order valence-electron chi connectivity index (χ0n) is 37.0. The van der Waals surface area contributed by atoms with Gasteiger partial charge in [0.1, 0.15) is 22.3 Å². The summed E-state index contributed by atoms with van der Waals surface area (Å²) in [7, 11) is 0. The fourth-order valence-electron chi connectivity index (χ4n) is 10.9. The summed E-state index contributed by atoms with van der Waals surface area (Å²) in [5.74, 6) is 0. The molecule has 1 aliphatic rings. The van der Waals surface area contributed by atoms with Gasteiger partial charge in [-0.2, -0.15) is 5.26 Å². The zero-order chi connectivity index (χ0) is 46.1. The molecular formula is C63H38N4O2. The molecule has 2 heterocycles. The highest BCUT2D eigenvalue weighted by atomic mass is 16.3. The van der Waals surface area contributed by atoms with Crippen LogP contribution in [0.2, 0.25) is 0 Å². The van der Waals surface area contributed by atoms with E-state index in [0.29, 0.717) is 11.3 Å². The third-order valence-electron chi connectivity index (χ3n) is 13.7. The number of fused-ring (bicyclic) bond motifs is 11. The molecule has 0 saturated heterocycles. The summed E-state index contributed by atoms with van der Waals surface area (Å²) in [5, 5.41) is 13.8. The number of para-hydroxylation sites is 4. The lowest BCUT2D eigenvalue weighted by atomic mass is 9.67. The SMILES string of the molecule is [C-]#[N+]c1ccc(N(c2ccccc2)c2cc3c(c4oc5ccccc5c24)-c2c(cc(N(c4ccccc4)c4ccc(C#N)cc4)c4c2oc2ccccc24)C3(c2ccccc2)c2ccccc2)cc1. The van der Waals surface area contributed by atoms with Crippen LogP contribution in [0.15, 0.2) is 239 Å². The third-order valence-corrected chi connectivity index (χ3v) is 13.7. The molecule has 0 unspecified atom stereocenters. The summed E-state index contributed by atoms with van der Waals surface area (Å²) in [6.07, 6.45) is 0. The molecule has 12 aromatic rings. The topological polar surface area (TPSA) is 60.9 Å². The van der Waals surface area contributed by atoms with E-state index < -0.39 is 5.41 Å². The van der Waals surface area contributed by atoms with Gasteiger partial charge >= 0.3 is 0 Å². The summed E-state index contributed by atoms with van der Waals surface area (Å²) >= 11 is 0. The van der Waals surface area contributed by atoms with Crippen LogP contribution in [0.1, 0.15) is 27.8 Å². The van der Waals surface area contributed by atoms with Gasteiger partial charge in [-0.15, -0.1) is 0 Å². The fourth-order valence-corrected chi connectivity index (χ4v) is 10.9. The monoisotopic (exact) mass is 882 g/mol. The zero-order valence-corrected chi connectivity index (χ0v) is 37.0. The van der Waals surface area contributed by atoms with Crippen molar-refractivity contribution >= 4 is 83.7 Å². The first kappa shape index (κ1) is 39.7. The molecule has 0 fully saturated rings. The molecule has 6 heteroatoms. The smallest absolute Gasteiger partial charge is 0.187 e. The number of hydrogen-bond acceptors (Lipinski definition) is 5. The van der Waals surface area contributed by atoms with Gasteiger partial charge in [0.15, 0.2) is 5.69 Å². The van der Waals surface area contributed by atoms with Gasteiger partial charge in [0, 0.05) is 44.6 Å². The fraction of sp³-hybridized carbons (Fsp3) is 0.0159. The molecule has 0 radical (unpaired) electrons. The first-order valence-corrected chi connectivity index (χ1v) is 22.9. The van der Waals surface area contributed by atoms with Crippen LogP contribution in [0.25, 0.3) is 59.8 Å². The van der Waals surface area contributed by atoms with Gasteiger partial charge in [0.25, 0.3) is 0 Å². The molecule has 10 aromatic carbocycles. The maximum atomic E-state index is 9.93. The quantitative estimate of drug-likeness (QED) is 0.142. The van der Waals surface area contributed by atoms with Crippen molar-refractivity contribution in [1.82, 2.24) is 0 Å². The summed E-state index contributed by atoms with van der Waals surface area (Å²) in [6, 6.07) is 81.8. The summed E-state index contributed by atoms with van der Waals surface area (Å²) in [5.41, 5.74) is 15.0. The molecule has 0 saturated carbocycles. The Morgan fingerprint density at radius 3 is 1.23 bits per heavy atom. The second-order valence-electron chi connectivity index (χ2n) is 17.4. The van der Waals surface area contributed by atoms with Gasteiger partial charge in [-0.05, 0) is 107 Å². The normalized spacial score (nSPS) is 12.4. The van der Waals surface area contributed by atoms with E-state index >= 15 is 0 Å². The Labute approximate surface area is 398 Å². The van der Waals surface area contributed by atoms with Crippen molar-refractivity contribution in [1.29, 1.82) is 5.26 Å². The van der Waals surface area contributed by atoms with Crippen LogP contribution < -0.4 is 9.80 Å². The van der Waals surface area contributed by atoms with Gasteiger partial charge in [-0.1, -0.05) is 146 Å². The van der Waals surface area contributed by atoms with Crippen LogP contribution in [0.3, 0.4) is 0 Å². The van der Waals surface area contributed by atoms with Crippen LogP contribution in [-0.4, -0.2) is 0 Å². The van der Waals surface area contributed by atoms with E-state index in [0.717, 1.165) is 111 Å². The molecule has 6 nitrogen and oxygen atoms in total. The Bertz CT molecular complexity index is 3750. The number of nitrogens with zero attached hydrogens (tertiary/aromatic N) is 4. The number of anilines is 6. The maximum Gasteiger partial charge on any atom is 0.187 e. The lowest BCUT2D eigenvalue weighted by Gasteiger charge is -2.36. The van der Waals surface area contributed by atoms with E-state index in [1.165, 1.54) is 0 Å². The largest absolute Gasteiger partial charge is 0.455 e. The Balaban J connectivity index is 1.26. The molecule has 322 valence electrons. The molecule has 0 amide bonds. The van der Waals surface area contributed by atoms with Gasteiger partial charge in [-0.25, -0.2) is 4.85 Å². The molecule has 0 aliphatic heterocycles. The first-order valence-electron chi connectivity index (χ1n) is 22.9. The highest BCUT2D eigenvalue weighted by Gasteiger charge is 2.50. The Morgan fingerprint density at radius 2 is 0.812 bits per heavy atom. The number of nitriles is 1. The lowest BCUT2D eigenvalue weighted by molar-refractivity contribution is 0.665. The predicted octanol–water partition coefficient (Wildman–Crippen LogP) is 17.2. The Kier molecular flexibility index (Phi) is 9.08. The minimum absolute atomic E-state index is 0.568. The number of hydrogen-bond donors (Lipinski definition) is 0. The molecule has 2 aromatic heterocycles. The van der Waals surface area contributed by atoms with Crippen molar-refractivity contribution in [3.05, 3.63) is 270 Å². The van der Waals surface area contributed by atoms with Crippen LogP contribution in [-0.2, 0) is 5.41 Å². The van der Waals surface area contributed by atoms with Gasteiger partial charge in [-0.3, -0.25) is 0 Å². The van der Waals surface area contributed by atoms with Gasteiger partial charge in [0.2, 0.25) is 0 Å². The summed E-state index contributed by atoms with van der Waals surface area (Å²) in [6.45, 7) is 7.81. The van der Waals surface area contributed by atoms with Crippen molar-refractivity contribution in [2.75, 3.05) is 9.80 Å². The van der Waals surface area contributed by atoms with Crippen LogP contribution in [0.4, 0.5) is 39.8 Å². The molecular weight excluding hydrogens is 845 g/mol. The Morgan fingerprint density at radius 1 is 0.435 bits per heavy atom. The van der Waals surface area contributed by atoms with Gasteiger partial charge in [0.05, 0.1) is 45.8 Å². The molecule has 1 aliphatic carbocycles. The second-order valence-corrected chi connectivity index (χ2v) is 17.4. The minimum atomic E-state index is -0.930. The average molecular weight is 883 g/mol. The highest BCUT2D eigenvalue weighted by Crippen LogP contribution is 2.64. The van der Waals surface area contributed by atoms with E-state index in [9.17, 15) is 5.26 Å². The van der Waals surface area contributed by atoms with E-state index in [1.807, 2.05) is 72.8 Å². The molecule has 0 N–H and O–H groups in total. The van der Waals surface area contributed by atoms with E-state index in [4.69, 9.17) is 15.4 Å². The van der Waals surface area contributed by atoms with Crippen LogP contribution in [0, 0.1) is 17.9 Å². The van der Waals surface area contributed by atoms with E-state index in [1.54, 1.807) is 0 Å². The van der Waals surface area contributed by atoms with Gasteiger partial charge < -0.3 is 18.6 Å². The number of benzene rings is 10. The maximum absolute atomic E-state index is 9.93. The number of furan rings is 2.